The molecular weight excluding hydrogens is 260 g/mol. The molecule has 1 atom stereocenters. The van der Waals surface area contributed by atoms with Crippen molar-refractivity contribution in [1.29, 1.82) is 0 Å². The number of anilines is 1. The van der Waals surface area contributed by atoms with Crippen LogP contribution in [0.2, 0.25) is 5.02 Å². The Bertz CT molecular complexity index is 501. The van der Waals surface area contributed by atoms with Gasteiger partial charge in [0.1, 0.15) is 0 Å². The Kier molecular flexibility index (Phi) is 4.27. The second-order valence-corrected chi connectivity index (χ2v) is 5.29. The summed E-state index contributed by atoms with van der Waals surface area (Å²) in [5.74, 6) is 0.119. The van der Waals surface area contributed by atoms with Crippen molar-refractivity contribution in [2.24, 2.45) is 0 Å². The Morgan fingerprint density at radius 1 is 1.47 bits per heavy atom. The number of nitrogens with zero attached hydrogens (tertiary/aromatic N) is 2. The molecule has 1 aliphatic rings. The third-order valence-corrected chi connectivity index (χ3v) is 4.02. The Hall–Kier alpha value is -1.32. The summed E-state index contributed by atoms with van der Waals surface area (Å²) in [4.78, 5) is 16.4. The number of halogens is 1. The number of piperazine rings is 1. The molecule has 0 N–H and O–H groups in total. The lowest BCUT2D eigenvalue weighted by atomic mass is 10.1. The second-order valence-electron chi connectivity index (χ2n) is 4.88. The van der Waals surface area contributed by atoms with Crippen molar-refractivity contribution in [2.45, 2.75) is 19.9 Å². The Labute approximate surface area is 119 Å². The second kappa shape index (κ2) is 5.76. The summed E-state index contributed by atoms with van der Waals surface area (Å²) < 4.78 is 0. The van der Waals surface area contributed by atoms with Gasteiger partial charge < -0.3 is 4.90 Å². The molecule has 0 spiro atoms. The number of benzene rings is 1. The molecule has 0 saturated carbocycles. The van der Waals surface area contributed by atoms with Crippen LogP contribution in [0, 0.1) is 6.92 Å². The molecule has 0 aliphatic carbocycles. The number of hydrogen-bond donors (Lipinski definition) is 0. The summed E-state index contributed by atoms with van der Waals surface area (Å²) in [6.07, 6.45) is 1.84. The van der Waals surface area contributed by atoms with E-state index in [0.717, 1.165) is 24.3 Å². The predicted molar refractivity (Wildman–Crippen MR) is 79.8 cm³/mol. The molecule has 102 valence electrons. The lowest BCUT2D eigenvalue weighted by Gasteiger charge is -2.38. The van der Waals surface area contributed by atoms with Gasteiger partial charge in [0.15, 0.2) is 0 Å². The van der Waals surface area contributed by atoms with Crippen LogP contribution in [0.15, 0.2) is 30.9 Å². The molecule has 1 amide bonds. The third kappa shape index (κ3) is 2.82. The van der Waals surface area contributed by atoms with E-state index in [9.17, 15) is 4.79 Å². The van der Waals surface area contributed by atoms with Gasteiger partial charge in [-0.05, 0) is 31.5 Å². The van der Waals surface area contributed by atoms with Gasteiger partial charge in [-0.15, -0.1) is 6.58 Å². The molecule has 0 bridgehead atoms. The summed E-state index contributed by atoms with van der Waals surface area (Å²) in [5.41, 5.74) is 1.90. The van der Waals surface area contributed by atoms with Crippen molar-refractivity contribution < 1.29 is 4.79 Å². The third-order valence-electron chi connectivity index (χ3n) is 3.61. The van der Waals surface area contributed by atoms with Crippen molar-refractivity contribution in [1.82, 2.24) is 4.90 Å². The van der Waals surface area contributed by atoms with Gasteiger partial charge in [0.25, 0.3) is 0 Å². The average molecular weight is 279 g/mol. The SMILES string of the molecule is C=CCN1CCN(c2ccc(C)c(Cl)c2)C(=O)[C@H]1C. The lowest BCUT2D eigenvalue weighted by molar-refractivity contribution is -0.124. The molecule has 1 aromatic carbocycles. The van der Waals surface area contributed by atoms with Crippen molar-refractivity contribution in [3.05, 3.63) is 41.4 Å². The maximum atomic E-state index is 12.4. The number of rotatable bonds is 3. The highest BCUT2D eigenvalue weighted by molar-refractivity contribution is 6.31. The standard InChI is InChI=1S/C15H19ClN2O/c1-4-7-17-8-9-18(15(19)12(17)3)13-6-5-11(2)14(16)10-13/h4-6,10,12H,1,7-9H2,2-3H3/t12-/m1/s1. The molecule has 0 unspecified atom stereocenters. The van der Waals surface area contributed by atoms with Gasteiger partial charge in [-0.3, -0.25) is 9.69 Å². The fourth-order valence-electron chi connectivity index (χ4n) is 2.34. The van der Waals surface area contributed by atoms with Crippen molar-refractivity contribution in [2.75, 3.05) is 24.5 Å². The molecule has 0 radical (unpaired) electrons. The largest absolute Gasteiger partial charge is 0.310 e. The minimum atomic E-state index is -0.119. The maximum Gasteiger partial charge on any atom is 0.244 e. The molecule has 1 aliphatic heterocycles. The van der Waals surface area contributed by atoms with E-state index in [1.807, 2.05) is 43.0 Å². The van der Waals surface area contributed by atoms with Gasteiger partial charge >= 0.3 is 0 Å². The van der Waals surface area contributed by atoms with E-state index in [1.54, 1.807) is 0 Å². The van der Waals surface area contributed by atoms with Crippen LogP contribution in [0.25, 0.3) is 0 Å². The zero-order valence-electron chi connectivity index (χ0n) is 11.4. The van der Waals surface area contributed by atoms with Crippen LogP contribution < -0.4 is 4.90 Å². The number of carbonyl (C=O) groups is 1. The Balaban J connectivity index is 2.20. The van der Waals surface area contributed by atoms with Gasteiger partial charge in [-0.25, -0.2) is 0 Å². The van der Waals surface area contributed by atoms with Crippen LogP contribution in [0.4, 0.5) is 5.69 Å². The average Bonchev–Trinajstić information content (AvgIpc) is 2.39. The summed E-state index contributed by atoms with van der Waals surface area (Å²) >= 11 is 6.13. The molecule has 1 heterocycles. The maximum absolute atomic E-state index is 12.4. The zero-order valence-corrected chi connectivity index (χ0v) is 12.2. The molecule has 3 nitrogen and oxygen atoms in total. The minimum Gasteiger partial charge on any atom is -0.310 e. The van der Waals surface area contributed by atoms with Crippen LogP contribution in [0.1, 0.15) is 12.5 Å². The summed E-state index contributed by atoms with van der Waals surface area (Å²) in [6.45, 7) is 9.91. The van der Waals surface area contributed by atoms with E-state index in [4.69, 9.17) is 11.6 Å². The monoisotopic (exact) mass is 278 g/mol. The molecule has 2 rings (SSSR count). The van der Waals surface area contributed by atoms with E-state index in [0.29, 0.717) is 11.6 Å². The molecule has 1 aromatic rings. The van der Waals surface area contributed by atoms with Gasteiger partial charge in [0.05, 0.1) is 6.04 Å². The number of amides is 1. The number of hydrogen-bond acceptors (Lipinski definition) is 2. The highest BCUT2D eigenvalue weighted by atomic mass is 35.5. The van der Waals surface area contributed by atoms with E-state index in [1.165, 1.54) is 0 Å². The Morgan fingerprint density at radius 2 is 2.21 bits per heavy atom. The van der Waals surface area contributed by atoms with Crippen LogP contribution in [0.3, 0.4) is 0 Å². The fraction of sp³-hybridized carbons (Fsp3) is 0.400. The highest BCUT2D eigenvalue weighted by Crippen LogP contribution is 2.25. The molecule has 4 heteroatoms. The van der Waals surface area contributed by atoms with Gasteiger partial charge in [0.2, 0.25) is 5.91 Å². The van der Waals surface area contributed by atoms with E-state index >= 15 is 0 Å². The van der Waals surface area contributed by atoms with Gasteiger partial charge in [0, 0.05) is 30.3 Å². The van der Waals surface area contributed by atoms with Crippen LogP contribution in [-0.2, 0) is 4.79 Å². The first-order valence-electron chi connectivity index (χ1n) is 6.47. The fourth-order valence-corrected chi connectivity index (χ4v) is 2.51. The van der Waals surface area contributed by atoms with Crippen LogP contribution in [-0.4, -0.2) is 36.5 Å². The smallest absolute Gasteiger partial charge is 0.244 e. The van der Waals surface area contributed by atoms with Gasteiger partial charge in [-0.1, -0.05) is 23.7 Å². The van der Waals surface area contributed by atoms with E-state index in [-0.39, 0.29) is 11.9 Å². The van der Waals surface area contributed by atoms with Gasteiger partial charge in [-0.2, -0.15) is 0 Å². The first kappa shape index (κ1) is 14.1. The predicted octanol–water partition coefficient (Wildman–Crippen LogP) is 2.87. The summed E-state index contributed by atoms with van der Waals surface area (Å²) in [6, 6.07) is 5.65. The van der Waals surface area contributed by atoms with Crippen LogP contribution in [0.5, 0.6) is 0 Å². The van der Waals surface area contributed by atoms with Crippen molar-refractivity contribution >= 4 is 23.2 Å². The summed E-state index contributed by atoms with van der Waals surface area (Å²) in [5, 5.41) is 0.700. The quantitative estimate of drug-likeness (QED) is 0.794. The van der Waals surface area contributed by atoms with E-state index < -0.39 is 0 Å². The lowest BCUT2D eigenvalue weighted by Crippen LogP contribution is -2.55. The normalized spacial score (nSPS) is 20.7. The molecular formula is C15H19ClN2O. The number of aryl methyl sites for hydroxylation is 1. The zero-order chi connectivity index (χ0) is 14.0. The number of carbonyl (C=O) groups excluding carboxylic acids is 1. The molecule has 19 heavy (non-hydrogen) atoms. The molecule has 0 aromatic heterocycles. The first-order valence-corrected chi connectivity index (χ1v) is 6.85. The van der Waals surface area contributed by atoms with Crippen LogP contribution >= 0.6 is 11.6 Å². The topological polar surface area (TPSA) is 23.6 Å². The summed E-state index contributed by atoms with van der Waals surface area (Å²) in [7, 11) is 0. The molecule has 1 saturated heterocycles. The van der Waals surface area contributed by atoms with Crippen molar-refractivity contribution in [3.63, 3.8) is 0 Å². The molecule has 1 fully saturated rings. The van der Waals surface area contributed by atoms with E-state index in [2.05, 4.69) is 11.5 Å². The van der Waals surface area contributed by atoms with Crippen molar-refractivity contribution in [3.8, 4) is 0 Å². The first-order chi connectivity index (χ1) is 9.04. The Morgan fingerprint density at radius 3 is 2.84 bits per heavy atom. The highest BCUT2D eigenvalue weighted by Gasteiger charge is 2.31. The minimum absolute atomic E-state index is 0.119.